The van der Waals surface area contributed by atoms with Crippen molar-refractivity contribution in [2.24, 2.45) is 0 Å². The fourth-order valence-corrected chi connectivity index (χ4v) is 2.31. The Morgan fingerprint density at radius 3 is 2.60 bits per heavy atom. The number of rotatable bonds is 3. The number of esters is 1. The van der Waals surface area contributed by atoms with Crippen LogP contribution in [0.3, 0.4) is 0 Å². The van der Waals surface area contributed by atoms with Gasteiger partial charge in [0, 0.05) is 5.33 Å². The summed E-state index contributed by atoms with van der Waals surface area (Å²) in [5, 5.41) is 0.674. The van der Waals surface area contributed by atoms with E-state index in [0.29, 0.717) is 17.5 Å². The Balaban J connectivity index is 3.20. The fraction of sp³-hybridized carbons (Fsp3) is 0.417. The van der Waals surface area contributed by atoms with Gasteiger partial charge in [0.15, 0.2) is 0 Å². The van der Waals surface area contributed by atoms with E-state index in [1.165, 1.54) is 0 Å². The van der Waals surface area contributed by atoms with Crippen molar-refractivity contribution in [2.45, 2.75) is 26.1 Å². The zero-order valence-electron chi connectivity index (χ0n) is 9.26. The minimum Gasteiger partial charge on any atom is -0.462 e. The van der Waals surface area contributed by atoms with Crippen molar-refractivity contribution in [2.75, 3.05) is 6.61 Å². The maximum Gasteiger partial charge on any atom is 0.338 e. The topological polar surface area (TPSA) is 26.3 Å². The molecule has 3 heteroatoms. The number of benzene rings is 1. The van der Waals surface area contributed by atoms with Gasteiger partial charge in [-0.05, 0) is 43.5 Å². The monoisotopic (exact) mass is 270 g/mol. The van der Waals surface area contributed by atoms with Crippen LogP contribution in [0.4, 0.5) is 0 Å². The molecule has 1 rings (SSSR count). The molecular weight excluding hydrogens is 256 g/mol. The first-order chi connectivity index (χ1) is 7.10. The second-order valence-electron chi connectivity index (χ2n) is 3.46. The molecule has 0 saturated heterocycles. The van der Waals surface area contributed by atoms with Crippen LogP contribution in [0.2, 0.25) is 0 Å². The number of hydrogen-bond donors (Lipinski definition) is 0. The van der Waals surface area contributed by atoms with Gasteiger partial charge in [0.2, 0.25) is 0 Å². The lowest BCUT2D eigenvalue weighted by Gasteiger charge is -2.10. The Hall–Kier alpha value is -0.830. The maximum absolute atomic E-state index is 11.7. The highest BCUT2D eigenvalue weighted by Gasteiger charge is 2.14. The lowest BCUT2D eigenvalue weighted by Crippen LogP contribution is -2.09. The van der Waals surface area contributed by atoms with Gasteiger partial charge in [-0.25, -0.2) is 4.79 Å². The molecule has 0 unspecified atom stereocenters. The first kappa shape index (κ1) is 12.2. The van der Waals surface area contributed by atoms with Crippen molar-refractivity contribution in [3.05, 3.63) is 34.4 Å². The van der Waals surface area contributed by atoms with E-state index in [-0.39, 0.29) is 5.97 Å². The number of ether oxygens (including phenoxy) is 1. The molecule has 0 radical (unpaired) electrons. The first-order valence-corrected chi connectivity index (χ1v) is 6.05. The Kier molecular flexibility index (Phi) is 4.33. The number of carbonyl (C=O) groups excluding carboxylic acids is 1. The van der Waals surface area contributed by atoms with Gasteiger partial charge in [-0.2, -0.15) is 0 Å². The molecule has 0 heterocycles. The number of carbonyl (C=O) groups is 1. The van der Waals surface area contributed by atoms with Crippen LogP contribution in [-0.4, -0.2) is 12.6 Å². The van der Waals surface area contributed by atoms with Crippen molar-refractivity contribution >= 4 is 21.9 Å². The third-order valence-electron chi connectivity index (χ3n) is 2.25. The number of alkyl halides is 1. The van der Waals surface area contributed by atoms with E-state index in [2.05, 4.69) is 22.0 Å². The van der Waals surface area contributed by atoms with Gasteiger partial charge >= 0.3 is 5.97 Å². The Labute approximate surface area is 98.8 Å². The Morgan fingerprint density at radius 1 is 1.40 bits per heavy atom. The summed E-state index contributed by atoms with van der Waals surface area (Å²) in [6.07, 6.45) is 0. The second kappa shape index (κ2) is 5.31. The van der Waals surface area contributed by atoms with Crippen LogP contribution in [0.15, 0.2) is 12.1 Å². The summed E-state index contributed by atoms with van der Waals surface area (Å²) in [4.78, 5) is 11.7. The van der Waals surface area contributed by atoms with Crippen molar-refractivity contribution in [1.29, 1.82) is 0 Å². The third-order valence-corrected chi connectivity index (χ3v) is 2.81. The van der Waals surface area contributed by atoms with E-state index >= 15 is 0 Å². The summed E-state index contributed by atoms with van der Waals surface area (Å²) in [5.74, 6) is -0.237. The smallest absolute Gasteiger partial charge is 0.338 e. The van der Waals surface area contributed by atoms with Crippen LogP contribution in [0.1, 0.15) is 34.0 Å². The molecule has 82 valence electrons. The molecule has 0 saturated carbocycles. The Morgan fingerprint density at radius 2 is 2.07 bits per heavy atom. The van der Waals surface area contributed by atoms with E-state index in [0.717, 1.165) is 16.7 Å². The molecule has 0 aliphatic heterocycles. The molecular formula is C12H15BrO2. The largest absolute Gasteiger partial charge is 0.462 e. The molecule has 0 N–H and O–H groups in total. The number of halogens is 1. The first-order valence-electron chi connectivity index (χ1n) is 4.93. The molecule has 1 aromatic rings. The van der Waals surface area contributed by atoms with Crippen LogP contribution in [0, 0.1) is 13.8 Å². The molecule has 0 fully saturated rings. The molecule has 0 aliphatic carbocycles. The molecule has 2 nitrogen and oxygen atoms in total. The van der Waals surface area contributed by atoms with Crippen molar-refractivity contribution in [3.8, 4) is 0 Å². The average molecular weight is 271 g/mol. The fourth-order valence-electron chi connectivity index (χ4n) is 1.57. The van der Waals surface area contributed by atoms with E-state index in [9.17, 15) is 4.79 Å². The highest BCUT2D eigenvalue weighted by atomic mass is 79.9. The van der Waals surface area contributed by atoms with Gasteiger partial charge in [0.1, 0.15) is 0 Å². The summed E-state index contributed by atoms with van der Waals surface area (Å²) >= 11 is 3.40. The van der Waals surface area contributed by atoms with E-state index < -0.39 is 0 Å². The normalized spacial score (nSPS) is 10.1. The van der Waals surface area contributed by atoms with Crippen LogP contribution in [0.5, 0.6) is 0 Å². The highest BCUT2D eigenvalue weighted by molar-refractivity contribution is 9.08. The SMILES string of the molecule is CCOC(=O)c1cc(C)cc(C)c1CBr. The van der Waals surface area contributed by atoms with E-state index in [4.69, 9.17) is 4.74 Å². The lowest BCUT2D eigenvalue weighted by molar-refractivity contribution is 0.0525. The van der Waals surface area contributed by atoms with Crippen LogP contribution in [-0.2, 0) is 10.1 Å². The van der Waals surface area contributed by atoms with Gasteiger partial charge < -0.3 is 4.74 Å². The lowest BCUT2D eigenvalue weighted by atomic mass is 10.0. The molecule has 0 aliphatic rings. The van der Waals surface area contributed by atoms with E-state index in [1.807, 2.05) is 26.8 Å². The Bertz CT molecular complexity index is 372. The molecule has 1 aromatic carbocycles. The van der Waals surface area contributed by atoms with Gasteiger partial charge in [0.05, 0.1) is 12.2 Å². The minimum absolute atomic E-state index is 0.237. The molecule has 0 aromatic heterocycles. The zero-order valence-corrected chi connectivity index (χ0v) is 10.8. The summed E-state index contributed by atoms with van der Waals surface area (Å²) in [5.41, 5.74) is 3.89. The van der Waals surface area contributed by atoms with Gasteiger partial charge in [-0.15, -0.1) is 0 Å². The van der Waals surface area contributed by atoms with Crippen molar-refractivity contribution in [1.82, 2.24) is 0 Å². The van der Waals surface area contributed by atoms with Crippen LogP contribution < -0.4 is 0 Å². The molecule has 0 bridgehead atoms. The van der Waals surface area contributed by atoms with Gasteiger partial charge in [0.25, 0.3) is 0 Å². The summed E-state index contributed by atoms with van der Waals surface area (Å²) in [7, 11) is 0. The van der Waals surface area contributed by atoms with Crippen molar-refractivity contribution < 1.29 is 9.53 Å². The quantitative estimate of drug-likeness (QED) is 0.622. The summed E-state index contributed by atoms with van der Waals surface area (Å²) < 4.78 is 5.02. The van der Waals surface area contributed by atoms with Crippen LogP contribution in [0.25, 0.3) is 0 Å². The van der Waals surface area contributed by atoms with Gasteiger partial charge in [-0.1, -0.05) is 22.0 Å². The number of aryl methyl sites for hydroxylation is 2. The zero-order chi connectivity index (χ0) is 11.4. The molecule has 15 heavy (non-hydrogen) atoms. The average Bonchev–Trinajstić information content (AvgIpc) is 2.17. The maximum atomic E-state index is 11.7. The predicted octanol–water partition coefficient (Wildman–Crippen LogP) is 3.38. The predicted molar refractivity (Wildman–Crippen MR) is 64.5 cm³/mol. The number of hydrogen-bond acceptors (Lipinski definition) is 2. The minimum atomic E-state index is -0.237. The third kappa shape index (κ3) is 2.81. The molecule has 0 atom stereocenters. The molecule has 0 spiro atoms. The van der Waals surface area contributed by atoms with E-state index in [1.54, 1.807) is 0 Å². The standard InChI is InChI=1S/C12H15BrO2/c1-4-15-12(14)10-6-8(2)5-9(3)11(10)7-13/h5-6H,4,7H2,1-3H3. The second-order valence-corrected chi connectivity index (χ2v) is 4.02. The molecule has 0 amide bonds. The summed E-state index contributed by atoms with van der Waals surface area (Å²) in [6, 6.07) is 3.95. The van der Waals surface area contributed by atoms with Gasteiger partial charge in [-0.3, -0.25) is 0 Å². The van der Waals surface area contributed by atoms with Crippen molar-refractivity contribution in [3.63, 3.8) is 0 Å². The van der Waals surface area contributed by atoms with Crippen LogP contribution >= 0.6 is 15.9 Å². The highest BCUT2D eigenvalue weighted by Crippen LogP contribution is 2.20. The summed E-state index contributed by atoms with van der Waals surface area (Å²) in [6.45, 7) is 6.21.